The molecular formula is C12H7Cl2F2NO. The quantitative estimate of drug-likeness (QED) is 0.820. The van der Waals surface area contributed by atoms with Crippen LogP contribution in [0.25, 0.3) is 11.3 Å². The Morgan fingerprint density at radius 1 is 1.11 bits per heavy atom. The Morgan fingerprint density at radius 2 is 1.89 bits per heavy atom. The maximum atomic E-state index is 12.0. The fraction of sp³-hybridized carbons (Fsp3) is 0.0833. The van der Waals surface area contributed by atoms with E-state index in [1.807, 2.05) is 0 Å². The lowest BCUT2D eigenvalue weighted by Crippen LogP contribution is -2.02. The van der Waals surface area contributed by atoms with Gasteiger partial charge in [-0.25, -0.2) is 0 Å². The zero-order chi connectivity index (χ0) is 13.1. The van der Waals surface area contributed by atoms with Gasteiger partial charge in [0.15, 0.2) is 0 Å². The van der Waals surface area contributed by atoms with Crippen LogP contribution in [-0.4, -0.2) is 11.6 Å². The normalized spacial score (nSPS) is 10.7. The van der Waals surface area contributed by atoms with Gasteiger partial charge >= 0.3 is 6.61 Å². The summed E-state index contributed by atoms with van der Waals surface area (Å²) in [6.45, 7) is -2.87. The number of pyridine rings is 1. The minimum Gasteiger partial charge on any atom is -0.433 e. The minimum absolute atomic E-state index is 0.00750. The largest absolute Gasteiger partial charge is 0.433 e. The summed E-state index contributed by atoms with van der Waals surface area (Å²) in [4.78, 5) is 4.00. The summed E-state index contributed by atoms with van der Waals surface area (Å²) in [7, 11) is 0. The van der Waals surface area contributed by atoms with Crippen LogP contribution in [0.2, 0.25) is 10.0 Å². The highest BCUT2D eigenvalue weighted by molar-refractivity contribution is 6.43. The lowest BCUT2D eigenvalue weighted by atomic mass is 10.1. The summed E-state index contributed by atoms with van der Waals surface area (Å²) >= 11 is 11.9. The number of hydrogen-bond donors (Lipinski definition) is 0. The average molecular weight is 290 g/mol. The third-order valence-electron chi connectivity index (χ3n) is 2.19. The molecule has 1 aromatic carbocycles. The van der Waals surface area contributed by atoms with E-state index < -0.39 is 6.61 Å². The summed E-state index contributed by atoms with van der Waals surface area (Å²) in [6.07, 6.45) is 1.21. The highest BCUT2D eigenvalue weighted by Crippen LogP contribution is 2.32. The van der Waals surface area contributed by atoms with Gasteiger partial charge in [0, 0.05) is 5.56 Å². The molecule has 1 heterocycles. The molecule has 0 spiro atoms. The first kappa shape index (κ1) is 13.1. The lowest BCUT2D eigenvalue weighted by Gasteiger charge is -2.07. The van der Waals surface area contributed by atoms with Crippen molar-refractivity contribution in [3.63, 3.8) is 0 Å². The fourth-order valence-electron chi connectivity index (χ4n) is 1.41. The van der Waals surface area contributed by atoms with Gasteiger partial charge < -0.3 is 4.74 Å². The number of nitrogens with zero attached hydrogens (tertiary/aromatic N) is 1. The number of aromatic nitrogens is 1. The van der Waals surface area contributed by atoms with Crippen LogP contribution >= 0.6 is 23.2 Å². The second kappa shape index (κ2) is 5.50. The monoisotopic (exact) mass is 289 g/mol. The molecule has 18 heavy (non-hydrogen) atoms. The van der Waals surface area contributed by atoms with Gasteiger partial charge in [-0.3, -0.25) is 4.98 Å². The van der Waals surface area contributed by atoms with Gasteiger partial charge in [0.25, 0.3) is 0 Å². The first-order chi connectivity index (χ1) is 8.58. The highest BCUT2D eigenvalue weighted by Gasteiger charge is 2.09. The zero-order valence-corrected chi connectivity index (χ0v) is 10.4. The Balaban J connectivity index is 2.32. The van der Waals surface area contributed by atoms with Gasteiger partial charge in [0.05, 0.1) is 21.9 Å². The van der Waals surface area contributed by atoms with Crippen LogP contribution in [0.3, 0.4) is 0 Å². The highest BCUT2D eigenvalue weighted by atomic mass is 35.5. The molecular weight excluding hydrogens is 283 g/mol. The van der Waals surface area contributed by atoms with Gasteiger partial charge in [-0.05, 0) is 18.2 Å². The molecule has 0 aliphatic heterocycles. The maximum absolute atomic E-state index is 12.0. The van der Waals surface area contributed by atoms with E-state index >= 15 is 0 Å². The lowest BCUT2D eigenvalue weighted by molar-refractivity contribution is -0.0500. The third-order valence-corrected chi connectivity index (χ3v) is 3.01. The molecule has 2 aromatic rings. The van der Waals surface area contributed by atoms with Crippen molar-refractivity contribution in [2.24, 2.45) is 0 Å². The third kappa shape index (κ3) is 2.89. The van der Waals surface area contributed by atoms with E-state index in [9.17, 15) is 8.78 Å². The molecule has 2 rings (SSSR count). The van der Waals surface area contributed by atoms with Gasteiger partial charge in [-0.15, -0.1) is 0 Å². The van der Waals surface area contributed by atoms with Crippen LogP contribution < -0.4 is 4.74 Å². The SMILES string of the molecule is FC(F)Oc1ccc(-c2cccc(Cl)c2Cl)nc1. The van der Waals surface area contributed by atoms with Crippen LogP contribution in [-0.2, 0) is 0 Å². The molecule has 0 N–H and O–H groups in total. The molecule has 0 bridgehead atoms. The van der Waals surface area contributed by atoms with Crippen molar-refractivity contribution in [3.8, 4) is 17.0 Å². The van der Waals surface area contributed by atoms with E-state index in [0.29, 0.717) is 21.3 Å². The second-order valence-corrected chi connectivity index (χ2v) is 4.14. The predicted octanol–water partition coefficient (Wildman–Crippen LogP) is 4.66. The Hall–Kier alpha value is -1.39. The molecule has 0 amide bonds. The van der Waals surface area contributed by atoms with Crippen molar-refractivity contribution in [3.05, 3.63) is 46.6 Å². The van der Waals surface area contributed by atoms with E-state index in [-0.39, 0.29) is 5.75 Å². The molecule has 1 aromatic heterocycles. The van der Waals surface area contributed by atoms with Crippen molar-refractivity contribution in [2.45, 2.75) is 6.61 Å². The minimum atomic E-state index is -2.87. The van der Waals surface area contributed by atoms with E-state index in [1.165, 1.54) is 18.3 Å². The number of benzene rings is 1. The van der Waals surface area contributed by atoms with Crippen LogP contribution in [0.4, 0.5) is 8.78 Å². The molecule has 0 unspecified atom stereocenters. The number of alkyl halides is 2. The Bertz CT molecular complexity index is 546. The number of rotatable bonds is 3. The smallest absolute Gasteiger partial charge is 0.387 e. The number of ether oxygens (including phenoxy) is 1. The molecule has 0 radical (unpaired) electrons. The van der Waals surface area contributed by atoms with Crippen LogP contribution in [0, 0.1) is 0 Å². The van der Waals surface area contributed by atoms with Crippen molar-refractivity contribution in [1.29, 1.82) is 0 Å². The molecule has 0 aliphatic carbocycles. The maximum Gasteiger partial charge on any atom is 0.387 e. The molecule has 6 heteroatoms. The molecule has 0 aliphatic rings. The molecule has 0 saturated heterocycles. The molecule has 2 nitrogen and oxygen atoms in total. The predicted molar refractivity (Wildman–Crippen MR) is 66.3 cm³/mol. The van der Waals surface area contributed by atoms with Crippen LogP contribution in [0.1, 0.15) is 0 Å². The Labute approximate surface area is 112 Å². The van der Waals surface area contributed by atoms with Gasteiger partial charge in [0.2, 0.25) is 0 Å². The molecule has 0 saturated carbocycles. The van der Waals surface area contributed by atoms with Crippen LogP contribution in [0.15, 0.2) is 36.5 Å². The first-order valence-electron chi connectivity index (χ1n) is 4.93. The summed E-state index contributed by atoms with van der Waals surface area (Å²) < 4.78 is 28.1. The average Bonchev–Trinajstić information content (AvgIpc) is 2.33. The number of halogens is 4. The van der Waals surface area contributed by atoms with Gasteiger partial charge in [-0.1, -0.05) is 35.3 Å². The van der Waals surface area contributed by atoms with Crippen molar-refractivity contribution in [1.82, 2.24) is 4.98 Å². The van der Waals surface area contributed by atoms with E-state index in [0.717, 1.165) is 0 Å². The van der Waals surface area contributed by atoms with Crippen molar-refractivity contribution < 1.29 is 13.5 Å². The Morgan fingerprint density at radius 3 is 2.50 bits per heavy atom. The summed E-state index contributed by atoms with van der Waals surface area (Å²) in [6, 6.07) is 8.06. The number of hydrogen-bond acceptors (Lipinski definition) is 2. The molecule has 0 atom stereocenters. The molecule has 0 fully saturated rings. The van der Waals surface area contributed by atoms with E-state index in [2.05, 4.69) is 9.72 Å². The summed E-state index contributed by atoms with van der Waals surface area (Å²) in [5.41, 5.74) is 1.16. The summed E-state index contributed by atoms with van der Waals surface area (Å²) in [5.74, 6) is -0.00750. The van der Waals surface area contributed by atoms with Gasteiger partial charge in [-0.2, -0.15) is 8.78 Å². The first-order valence-corrected chi connectivity index (χ1v) is 5.69. The zero-order valence-electron chi connectivity index (χ0n) is 8.91. The standard InChI is InChI=1S/C12H7Cl2F2NO/c13-9-3-1-2-8(11(9)14)10-5-4-7(6-17-10)18-12(15)16/h1-6,12H. The van der Waals surface area contributed by atoms with Crippen molar-refractivity contribution in [2.75, 3.05) is 0 Å². The molecule has 94 valence electrons. The summed E-state index contributed by atoms with van der Waals surface area (Å²) in [5, 5.41) is 0.776. The van der Waals surface area contributed by atoms with E-state index in [4.69, 9.17) is 23.2 Å². The fourth-order valence-corrected chi connectivity index (χ4v) is 1.81. The van der Waals surface area contributed by atoms with Gasteiger partial charge in [0.1, 0.15) is 5.75 Å². The second-order valence-electron chi connectivity index (χ2n) is 3.36. The van der Waals surface area contributed by atoms with E-state index in [1.54, 1.807) is 18.2 Å². The Kier molecular flexibility index (Phi) is 3.99. The van der Waals surface area contributed by atoms with Crippen LogP contribution in [0.5, 0.6) is 5.75 Å². The topological polar surface area (TPSA) is 22.1 Å². The van der Waals surface area contributed by atoms with Crippen molar-refractivity contribution >= 4 is 23.2 Å².